The van der Waals surface area contributed by atoms with Crippen molar-refractivity contribution in [2.75, 3.05) is 0 Å². The van der Waals surface area contributed by atoms with Gasteiger partial charge in [-0.1, -0.05) is 0 Å². The normalized spacial score (nSPS) is 11.0. The summed E-state index contributed by atoms with van der Waals surface area (Å²) in [6, 6.07) is 31.1. The van der Waals surface area contributed by atoms with Gasteiger partial charge in [0.05, 0.1) is 0 Å². The minimum absolute atomic E-state index is 0.298. The summed E-state index contributed by atoms with van der Waals surface area (Å²) in [6.07, 6.45) is 1.30. The van der Waals surface area contributed by atoms with Gasteiger partial charge in [0, 0.05) is 0 Å². The van der Waals surface area contributed by atoms with Crippen LogP contribution in [-0.2, 0) is 21.2 Å². The molecule has 0 radical (unpaired) electrons. The van der Waals surface area contributed by atoms with Crippen molar-refractivity contribution in [3.05, 3.63) is 120 Å². The van der Waals surface area contributed by atoms with Crippen LogP contribution in [-0.4, -0.2) is 24.8 Å². The molecular weight excluding hydrogens is 439 g/mol. The van der Waals surface area contributed by atoms with E-state index in [-0.39, 0.29) is 5.97 Å². The first-order valence-electron chi connectivity index (χ1n) is 9.16. The van der Waals surface area contributed by atoms with E-state index >= 15 is 0 Å². The second-order valence-corrected chi connectivity index (χ2v) is 17.2. The van der Waals surface area contributed by atoms with Gasteiger partial charge in [-0.15, -0.1) is 0 Å². The SMILES string of the molecule is C=CC(=O)[O][Sn]([CH2]c1ccccc1)([CH2]c1ccccc1)[CH2]c1ccccc1. The van der Waals surface area contributed by atoms with Crippen LogP contribution in [0.1, 0.15) is 16.7 Å². The van der Waals surface area contributed by atoms with Crippen molar-refractivity contribution in [1.29, 1.82) is 0 Å². The molecule has 0 aliphatic rings. The molecule has 0 unspecified atom stereocenters. The Labute approximate surface area is 165 Å². The first kappa shape index (κ1) is 19.4. The molecule has 3 rings (SSSR count). The number of benzene rings is 3. The monoisotopic (exact) mass is 464 g/mol. The van der Waals surface area contributed by atoms with Crippen molar-refractivity contribution >= 4 is 24.8 Å². The Bertz CT molecular complexity index is 759. The zero-order chi connectivity index (χ0) is 19.0. The van der Waals surface area contributed by atoms with E-state index in [1.807, 2.05) is 54.6 Å². The number of rotatable bonds is 8. The Balaban J connectivity index is 2.00. The summed E-state index contributed by atoms with van der Waals surface area (Å²) >= 11 is -3.46. The predicted molar refractivity (Wildman–Crippen MR) is 112 cm³/mol. The van der Waals surface area contributed by atoms with Crippen LogP contribution in [0, 0.1) is 0 Å². The standard InChI is InChI=1S/3C7H7.C3H4O2.Sn/c3*1-7-5-3-2-4-6-7;1-2-3(4)5;/h3*2-6H,1H2;2H,1H2,(H,4,5);/q;;;;+1/p-1. The van der Waals surface area contributed by atoms with E-state index in [0.29, 0.717) is 0 Å². The molecule has 0 aliphatic heterocycles. The molecule has 0 N–H and O–H groups in total. The molecular formula is C24H24O2Sn. The molecule has 3 aromatic carbocycles. The number of carbonyl (C=O) groups is 1. The Kier molecular flexibility index (Phi) is 6.88. The average Bonchev–Trinajstić information content (AvgIpc) is 2.70. The number of hydrogen-bond donors (Lipinski definition) is 0. The average molecular weight is 463 g/mol. The second kappa shape index (κ2) is 9.56. The van der Waals surface area contributed by atoms with Crippen LogP contribution < -0.4 is 0 Å². The van der Waals surface area contributed by atoms with Gasteiger partial charge in [0.25, 0.3) is 0 Å². The molecule has 0 fully saturated rings. The molecule has 0 aliphatic carbocycles. The number of carbonyl (C=O) groups excluding carboxylic acids is 1. The molecule has 0 spiro atoms. The molecule has 0 heterocycles. The molecule has 27 heavy (non-hydrogen) atoms. The third-order valence-corrected chi connectivity index (χ3v) is 15.4. The summed E-state index contributed by atoms with van der Waals surface area (Å²) in [4.78, 5) is 12.3. The molecule has 0 saturated heterocycles. The van der Waals surface area contributed by atoms with Crippen molar-refractivity contribution in [3.63, 3.8) is 0 Å². The third-order valence-electron chi connectivity index (χ3n) is 4.59. The van der Waals surface area contributed by atoms with E-state index in [0.717, 1.165) is 13.3 Å². The molecule has 0 aromatic heterocycles. The molecule has 0 saturated carbocycles. The summed E-state index contributed by atoms with van der Waals surface area (Å²) in [5.41, 5.74) is 3.70. The predicted octanol–water partition coefficient (Wildman–Crippen LogP) is 5.01. The fraction of sp³-hybridized carbons (Fsp3) is 0.125. The van der Waals surface area contributed by atoms with Crippen LogP contribution in [0.3, 0.4) is 0 Å². The van der Waals surface area contributed by atoms with Crippen molar-refractivity contribution in [3.8, 4) is 0 Å². The van der Waals surface area contributed by atoms with Crippen molar-refractivity contribution in [2.45, 2.75) is 13.3 Å². The quantitative estimate of drug-likeness (QED) is 0.347. The third kappa shape index (κ3) is 5.83. The summed E-state index contributed by atoms with van der Waals surface area (Å²) in [5, 5.41) is 0. The van der Waals surface area contributed by atoms with Crippen LogP contribution in [0.15, 0.2) is 104 Å². The fourth-order valence-electron chi connectivity index (χ4n) is 3.45. The van der Waals surface area contributed by atoms with Gasteiger partial charge in [-0.2, -0.15) is 0 Å². The first-order chi connectivity index (χ1) is 13.2. The summed E-state index contributed by atoms with van der Waals surface area (Å²) in [5.74, 6) is -0.298. The zero-order valence-corrected chi connectivity index (χ0v) is 18.2. The summed E-state index contributed by atoms with van der Waals surface area (Å²) < 4.78 is 8.79. The van der Waals surface area contributed by atoms with Gasteiger partial charge in [-0.25, -0.2) is 0 Å². The fourth-order valence-corrected chi connectivity index (χ4v) is 15.0. The summed E-state index contributed by atoms with van der Waals surface area (Å²) in [6.45, 7) is 3.62. The maximum atomic E-state index is 12.3. The van der Waals surface area contributed by atoms with Crippen molar-refractivity contribution in [2.24, 2.45) is 0 Å². The van der Waals surface area contributed by atoms with Crippen LogP contribution in [0.2, 0.25) is 0 Å². The Hall–Kier alpha value is -2.33. The van der Waals surface area contributed by atoms with Crippen LogP contribution in [0.5, 0.6) is 0 Å². The molecule has 0 bridgehead atoms. The van der Waals surface area contributed by atoms with E-state index in [9.17, 15) is 4.79 Å². The van der Waals surface area contributed by atoms with Gasteiger partial charge in [0.1, 0.15) is 0 Å². The molecule has 2 nitrogen and oxygen atoms in total. The maximum absolute atomic E-state index is 12.3. The molecule has 3 heteroatoms. The topological polar surface area (TPSA) is 26.3 Å². The van der Waals surface area contributed by atoms with Crippen molar-refractivity contribution < 1.29 is 7.87 Å². The Morgan fingerprint density at radius 1 is 0.704 bits per heavy atom. The van der Waals surface area contributed by atoms with Gasteiger partial charge >= 0.3 is 166 Å². The van der Waals surface area contributed by atoms with Crippen LogP contribution >= 0.6 is 0 Å². The number of hydrogen-bond acceptors (Lipinski definition) is 2. The van der Waals surface area contributed by atoms with Gasteiger partial charge in [0.15, 0.2) is 0 Å². The van der Waals surface area contributed by atoms with Crippen molar-refractivity contribution in [1.82, 2.24) is 0 Å². The molecule has 3 aromatic rings. The van der Waals surface area contributed by atoms with E-state index in [4.69, 9.17) is 3.07 Å². The first-order valence-corrected chi connectivity index (χ1v) is 16.4. The van der Waals surface area contributed by atoms with Gasteiger partial charge < -0.3 is 0 Å². The Morgan fingerprint density at radius 2 is 1.04 bits per heavy atom. The van der Waals surface area contributed by atoms with E-state index in [1.54, 1.807) is 0 Å². The Morgan fingerprint density at radius 3 is 1.33 bits per heavy atom. The zero-order valence-electron chi connectivity index (χ0n) is 15.4. The minimum atomic E-state index is -3.46. The van der Waals surface area contributed by atoms with Gasteiger partial charge in [-0.05, 0) is 0 Å². The van der Waals surface area contributed by atoms with E-state index < -0.39 is 18.8 Å². The second-order valence-electron chi connectivity index (χ2n) is 6.80. The van der Waals surface area contributed by atoms with Gasteiger partial charge in [-0.3, -0.25) is 0 Å². The van der Waals surface area contributed by atoms with Crippen LogP contribution in [0.25, 0.3) is 0 Å². The molecule has 136 valence electrons. The summed E-state index contributed by atoms with van der Waals surface area (Å²) in [7, 11) is 0. The molecule has 0 atom stereocenters. The van der Waals surface area contributed by atoms with E-state index in [2.05, 4.69) is 43.0 Å². The van der Waals surface area contributed by atoms with Gasteiger partial charge in [0.2, 0.25) is 0 Å². The van der Waals surface area contributed by atoms with E-state index in [1.165, 1.54) is 22.8 Å². The van der Waals surface area contributed by atoms with Crippen LogP contribution in [0.4, 0.5) is 0 Å². The molecule has 0 amide bonds.